The number of primary amides is 1. The number of carbonyl (C=O) groups is 1. The summed E-state index contributed by atoms with van der Waals surface area (Å²) in [5.74, 6) is 0.192. The lowest BCUT2D eigenvalue weighted by Gasteiger charge is -2.44. The Balaban J connectivity index is 1.33. The van der Waals surface area contributed by atoms with E-state index in [0.29, 0.717) is 30.8 Å². The monoisotopic (exact) mass is 382 g/mol. The standard InChI is InChI=1S/C21H38N2O4/c1-2-25-20(21(22)24)15-16-7-9-17(10-8-16)26-13-11-23-12-14-27-19-6-4-3-5-18(19)23/h16-20H,2-15H2,1H3,(H2,22,24). The molecule has 0 aromatic carbocycles. The Hall–Kier alpha value is -0.690. The van der Waals surface area contributed by atoms with Crippen molar-refractivity contribution in [3.63, 3.8) is 0 Å². The van der Waals surface area contributed by atoms with Crippen molar-refractivity contribution in [2.24, 2.45) is 11.7 Å². The summed E-state index contributed by atoms with van der Waals surface area (Å²) in [7, 11) is 0. The van der Waals surface area contributed by atoms with Gasteiger partial charge in [0.1, 0.15) is 6.10 Å². The maximum atomic E-state index is 11.5. The summed E-state index contributed by atoms with van der Waals surface area (Å²) < 4.78 is 17.7. The average Bonchev–Trinajstić information content (AvgIpc) is 2.69. The van der Waals surface area contributed by atoms with Gasteiger partial charge in [0.25, 0.3) is 0 Å². The Morgan fingerprint density at radius 3 is 2.70 bits per heavy atom. The molecule has 156 valence electrons. The molecular weight excluding hydrogens is 344 g/mol. The van der Waals surface area contributed by atoms with Crippen LogP contribution in [0, 0.1) is 5.92 Å². The first-order valence-corrected chi connectivity index (χ1v) is 11.1. The van der Waals surface area contributed by atoms with Crippen molar-refractivity contribution in [2.75, 3.05) is 32.9 Å². The molecule has 0 radical (unpaired) electrons. The molecule has 0 aromatic heterocycles. The quantitative estimate of drug-likeness (QED) is 0.663. The van der Waals surface area contributed by atoms with Gasteiger partial charge in [0.2, 0.25) is 5.91 Å². The number of amides is 1. The molecule has 2 saturated carbocycles. The van der Waals surface area contributed by atoms with Gasteiger partial charge in [0, 0.05) is 25.7 Å². The van der Waals surface area contributed by atoms with Gasteiger partial charge in [-0.2, -0.15) is 0 Å². The number of fused-ring (bicyclic) bond motifs is 1. The number of rotatable bonds is 9. The summed E-state index contributed by atoms with van der Waals surface area (Å²) >= 11 is 0. The molecule has 1 saturated heterocycles. The van der Waals surface area contributed by atoms with Gasteiger partial charge in [-0.05, 0) is 57.8 Å². The number of hydrogen-bond acceptors (Lipinski definition) is 5. The van der Waals surface area contributed by atoms with Crippen LogP contribution >= 0.6 is 0 Å². The highest BCUT2D eigenvalue weighted by atomic mass is 16.5. The normalized spacial score (nSPS) is 33.4. The van der Waals surface area contributed by atoms with Crippen LogP contribution in [-0.2, 0) is 19.0 Å². The van der Waals surface area contributed by atoms with Gasteiger partial charge in [-0.3, -0.25) is 9.69 Å². The highest BCUT2D eigenvalue weighted by Crippen LogP contribution is 2.31. The summed E-state index contributed by atoms with van der Waals surface area (Å²) in [5, 5.41) is 0. The van der Waals surface area contributed by atoms with Crippen molar-refractivity contribution in [2.45, 2.75) is 89.1 Å². The summed E-state index contributed by atoms with van der Waals surface area (Å²) in [6, 6.07) is 0.608. The van der Waals surface area contributed by atoms with E-state index >= 15 is 0 Å². The highest BCUT2D eigenvalue weighted by Gasteiger charge is 2.34. The van der Waals surface area contributed by atoms with Gasteiger partial charge in [0.15, 0.2) is 0 Å². The molecule has 2 aliphatic carbocycles. The maximum Gasteiger partial charge on any atom is 0.246 e. The largest absolute Gasteiger partial charge is 0.377 e. The molecule has 3 atom stereocenters. The van der Waals surface area contributed by atoms with E-state index in [4.69, 9.17) is 19.9 Å². The molecule has 1 heterocycles. The fraction of sp³-hybridized carbons (Fsp3) is 0.952. The number of nitrogens with zero attached hydrogens (tertiary/aromatic N) is 1. The van der Waals surface area contributed by atoms with Crippen molar-refractivity contribution >= 4 is 5.91 Å². The molecule has 0 spiro atoms. The maximum absolute atomic E-state index is 11.5. The van der Waals surface area contributed by atoms with Crippen LogP contribution in [0.3, 0.4) is 0 Å². The van der Waals surface area contributed by atoms with E-state index in [9.17, 15) is 4.79 Å². The van der Waals surface area contributed by atoms with Gasteiger partial charge in [-0.15, -0.1) is 0 Å². The highest BCUT2D eigenvalue weighted by molar-refractivity contribution is 5.78. The van der Waals surface area contributed by atoms with Crippen molar-refractivity contribution in [1.82, 2.24) is 4.90 Å². The number of carbonyl (C=O) groups excluding carboxylic acids is 1. The SMILES string of the molecule is CCOC(CC1CCC(OCCN2CCOC3CCCCC32)CC1)C(N)=O. The fourth-order valence-electron chi connectivity index (χ4n) is 5.10. The minimum absolute atomic E-state index is 0.332. The molecule has 27 heavy (non-hydrogen) atoms. The van der Waals surface area contributed by atoms with Crippen molar-refractivity contribution < 1.29 is 19.0 Å². The van der Waals surface area contributed by atoms with Crippen LogP contribution < -0.4 is 5.73 Å². The molecule has 3 unspecified atom stereocenters. The van der Waals surface area contributed by atoms with Crippen LogP contribution in [0.4, 0.5) is 0 Å². The third-order valence-corrected chi connectivity index (χ3v) is 6.61. The zero-order valence-electron chi connectivity index (χ0n) is 16.9. The first-order valence-electron chi connectivity index (χ1n) is 11.1. The lowest BCUT2D eigenvalue weighted by atomic mass is 9.83. The fourth-order valence-corrected chi connectivity index (χ4v) is 5.10. The van der Waals surface area contributed by atoms with Crippen LogP contribution in [0.15, 0.2) is 0 Å². The molecule has 3 rings (SSSR count). The van der Waals surface area contributed by atoms with Crippen LogP contribution in [0.5, 0.6) is 0 Å². The molecule has 3 fully saturated rings. The molecule has 1 amide bonds. The Kier molecular flexibility index (Phi) is 8.37. The van der Waals surface area contributed by atoms with Crippen molar-refractivity contribution in [3.8, 4) is 0 Å². The number of ether oxygens (including phenoxy) is 3. The number of morpholine rings is 1. The van der Waals surface area contributed by atoms with E-state index in [1.165, 1.54) is 25.7 Å². The second-order valence-corrected chi connectivity index (χ2v) is 8.39. The first-order chi connectivity index (χ1) is 13.2. The second-order valence-electron chi connectivity index (χ2n) is 8.39. The molecule has 3 aliphatic rings. The van der Waals surface area contributed by atoms with Crippen molar-refractivity contribution in [1.29, 1.82) is 0 Å². The molecule has 6 heteroatoms. The van der Waals surface area contributed by atoms with E-state index in [1.54, 1.807) is 0 Å². The lowest BCUT2D eigenvalue weighted by Crippen LogP contribution is -2.53. The molecule has 2 N–H and O–H groups in total. The molecule has 0 aromatic rings. The Labute approximate surface area is 164 Å². The van der Waals surface area contributed by atoms with Gasteiger partial charge < -0.3 is 19.9 Å². The molecular formula is C21H38N2O4. The minimum atomic E-state index is -0.428. The average molecular weight is 383 g/mol. The molecule has 6 nitrogen and oxygen atoms in total. The van der Waals surface area contributed by atoms with Gasteiger partial charge in [-0.1, -0.05) is 12.8 Å². The van der Waals surface area contributed by atoms with Gasteiger partial charge in [-0.25, -0.2) is 0 Å². The number of nitrogens with two attached hydrogens (primary N) is 1. The Morgan fingerprint density at radius 2 is 1.96 bits per heavy atom. The predicted octanol–water partition coefficient (Wildman–Crippen LogP) is 2.49. The molecule has 0 bridgehead atoms. The van der Waals surface area contributed by atoms with Crippen molar-refractivity contribution in [3.05, 3.63) is 0 Å². The van der Waals surface area contributed by atoms with Crippen LogP contribution in [0.25, 0.3) is 0 Å². The topological polar surface area (TPSA) is 74.0 Å². The van der Waals surface area contributed by atoms with E-state index < -0.39 is 6.10 Å². The lowest BCUT2D eigenvalue weighted by molar-refractivity contribution is -0.130. The Morgan fingerprint density at radius 1 is 1.19 bits per heavy atom. The van der Waals surface area contributed by atoms with Crippen LogP contribution in [-0.4, -0.2) is 68.1 Å². The van der Waals surface area contributed by atoms with E-state index in [1.807, 2.05) is 6.92 Å². The number of hydrogen-bond donors (Lipinski definition) is 1. The predicted molar refractivity (Wildman–Crippen MR) is 104 cm³/mol. The van der Waals surface area contributed by atoms with E-state index in [0.717, 1.165) is 58.4 Å². The van der Waals surface area contributed by atoms with Gasteiger partial charge >= 0.3 is 0 Å². The minimum Gasteiger partial charge on any atom is -0.377 e. The summed E-state index contributed by atoms with van der Waals surface area (Å²) in [5.41, 5.74) is 5.45. The Bertz CT molecular complexity index is 451. The van der Waals surface area contributed by atoms with E-state index in [-0.39, 0.29) is 5.91 Å². The first kappa shape index (κ1) is 21.0. The zero-order valence-corrected chi connectivity index (χ0v) is 16.9. The summed E-state index contributed by atoms with van der Waals surface area (Å²) in [4.78, 5) is 14.1. The summed E-state index contributed by atoms with van der Waals surface area (Å²) in [6.45, 7) is 6.20. The third kappa shape index (κ3) is 6.14. The van der Waals surface area contributed by atoms with Crippen LogP contribution in [0.1, 0.15) is 64.7 Å². The smallest absolute Gasteiger partial charge is 0.246 e. The second kappa shape index (κ2) is 10.7. The van der Waals surface area contributed by atoms with Gasteiger partial charge in [0.05, 0.1) is 25.4 Å². The molecule has 1 aliphatic heterocycles. The third-order valence-electron chi connectivity index (χ3n) is 6.61. The van der Waals surface area contributed by atoms with Crippen LogP contribution in [0.2, 0.25) is 0 Å². The summed E-state index contributed by atoms with van der Waals surface area (Å²) in [6.07, 6.45) is 10.7. The zero-order chi connectivity index (χ0) is 19.1. The van der Waals surface area contributed by atoms with E-state index in [2.05, 4.69) is 4.90 Å².